The summed E-state index contributed by atoms with van der Waals surface area (Å²) in [4.78, 5) is 26.7. The van der Waals surface area contributed by atoms with Crippen LogP contribution in [0.1, 0.15) is 63.4 Å². The highest BCUT2D eigenvalue weighted by atomic mass is 35.5. The lowest BCUT2D eigenvalue weighted by Gasteiger charge is -2.35. The Hall–Kier alpha value is -3.57. The Morgan fingerprint density at radius 3 is 2.87 bits per heavy atom. The van der Waals surface area contributed by atoms with Crippen LogP contribution in [0.4, 0.5) is 14.6 Å². The summed E-state index contributed by atoms with van der Waals surface area (Å²) in [5.41, 5.74) is 2.39. The van der Waals surface area contributed by atoms with Gasteiger partial charge in [-0.1, -0.05) is 17.7 Å². The lowest BCUT2D eigenvalue weighted by Crippen LogP contribution is -2.43. The Kier molecular flexibility index (Phi) is 8.16. The molecule has 9 nitrogen and oxygen atoms in total. The number of hydrogen-bond acceptors (Lipinski definition) is 7. The Morgan fingerprint density at radius 2 is 1.96 bits per heavy atom. The lowest BCUT2D eigenvalue weighted by molar-refractivity contribution is -0.121. The summed E-state index contributed by atoms with van der Waals surface area (Å²) in [5, 5.41) is 12.3. The van der Waals surface area contributed by atoms with Gasteiger partial charge < -0.3 is 15.0 Å². The second-order valence-electron chi connectivity index (χ2n) is 13.9. The predicted octanol–water partition coefficient (Wildman–Crippen LogP) is 6.37. The highest BCUT2D eigenvalue weighted by Gasteiger charge is 2.49. The molecule has 47 heavy (non-hydrogen) atoms. The molecule has 0 radical (unpaired) electrons. The first-order valence-electron chi connectivity index (χ1n) is 17.1. The molecule has 0 aliphatic carbocycles. The van der Waals surface area contributed by atoms with E-state index in [0.29, 0.717) is 77.6 Å². The van der Waals surface area contributed by atoms with Gasteiger partial charge in [0.1, 0.15) is 24.1 Å². The number of nitrogens with one attached hydrogen (secondary N) is 2. The third-order valence-electron chi connectivity index (χ3n) is 10.8. The summed E-state index contributed by atoms with van der Waals surface area (Å²) >= 11 is 6.86. The summed E-state index contributed by atoms with van der Waals surface area (Å²) in [6.45, 7) is 3.66. The zero-order valence-corrected chi connectivity index (χ0v) is 27.2. The SMILES string of the molecule is O=C1CCCCc2c(Cl)cc3[nH]ncc3c2-c2ccc3c(nc(OC[C@@]45CCCN4CC(F)C5)nc3c2F)N2CCCC(CCN1)C2. The second-order valence-corrected chi connectivity index (χ2v) is 14.3. The molecule has 1 amide bonds. The lowest BCUT2D eigenvalue weighted by atomic mass is 9.91. The molecule has 2 aromatic carbocycles. The molecule has 3 saturated heterocycles. The van der Waals surface area contributed by atoms with Gasteiger partial charge in [0.25, 0.3) is 0 Å². The number of amides is 1. The highest BCUT2D eigenvalue weighted by molar-refractivity contribution is 6.33. The third-order valence-corrected chi connectivity index (χ3v) is 11.2. The number of nitrogens with zero attached hydrogens (tertiary/aromatic N) is 5. The van der Waals surface area contributed by atoms with Crippen LogP contribution in [0, 0.1) is 11.7 Å². The van der Waals surface area contributed by atoms with Crippen molar-refractivity contribution < 1.29 is 18.3 Å². The monoisotopic (exact) mass is 663 g/mol. The molecule has 0 spiro atoms. The molecule has 0 saturated carbocycles. The molecule has 5 aliphatic rings. The van der Waals surface area contributed by atoms with Crippen molar-refractivity contribution in [2.24, 2.45) is 5.92 Å². The van der Waals surface area contributed by atoms with Gasteiger partial charge in [0.05, 0.1) is 17.3 Å². The van der Waals surface area contributed by atoms with E-state index in [2.05, 4.69) is 25.3 Å². The molecule has 5 aliphatic heterocycles. The average molecular weight is 664 g/mol. The fourth-order valence-electron chi connectivity index (χ4n) is 8.51. The molecule has 7 heterocycles. The molecular weight excluding hydrogens is 624 g/mol. The average Bonchev–Trinajstić information content (AvgIpc) is 3.76. The van der Waals surface area contributed by atoms with Crippen molar-refractivity contribution in [2.75, 3.05) is 44.2 Å². The van der Waals surface area contributed by atoms with Crippen molar-refractivity contribution in [3.05, 3.63) is 40.8 Å². The number of aromatic nitrogens is 4. The van der Waals surface area contributed by atoms with Crippen LogP contribution in [0.2, 0.25) is 5.02 Å². The highest BCUT2D eigenvalue weighted by Crippen LogP contribution is 2.43. The first kappa shape index (κ1) is 30.7. The minimum absolute atomic E-state index is 0.0530. The van der Waals surface area contributed by atoms with Crippen LogP contribution in [0.15, 0.2) is 24.4 Å². The first-order chi connectivity index (χ1) is 22.9. The number of carbonyl (C=O) groups is 1. The number of piperidine rings is 1. The summed E-state index contributed by atoms with van der Waals surface area (Å²) < 4.78 is 38.0. The van der Waals surface area contributed by atoms with Crippen molar-refractivity contribution in [3.8, 4) is 17.1 Å². The van der Waals surface area contributed by atoms with Gasteiger partial charge in [0, 0.05) is 65.9 Å². The third kappa shape index (κ3) is 5.69. The predicted molar refractivity (Wildman–Crippen MR) is 178 cm³/mol. The quantitative estimate of drug-likeness (QED) is 0.263. The Labute approximate surface area is 277 Å². The zero-order valence-electron chi connectivity index (χ0n) is 26.5. The van der Waals surface area contributed by atoms with Crippen LogP contribution in [0.3, 0.4) is 0 Å². The summed E-state index contributed by atoms with van der Waals surface area (Å²) in [6.07, 6.45) is 8.40. The van der Waals surface area contributed by atoms with Crippen molar-refractivity contribution in [1.29, 1.82) is 0 Å². The van der Waals surface area contributed by atoms with Gasteiger partial charge in [0.2, 0.25) is 5.91 Å². The molecule has 2 unspecified atom stereocenters. The Morgan fingerprint density at radius 1 is 1.06 bits per heavy atom. The number of hydrogen-bond donors (Lipinski definition) is 2. The number of rotatable bonds is 3. The number of fused-ring (bicyclic) bond motifs is 10. The van der Waals surface area contributed by atoms with Crippen molar-refractivity contribution >= 4 is 45.1 Å². The van der Waals surface area contributed by atoms with E-state index in [0.717, 1.165) is 69.1 Å². The summed E-state index contributed by atoms with van der Waals surface area (Å²) in [5.74, 6) is 0.579. The van der Waals surface area contributed by atoms with E-state index in [1.807, 2.05) is 12.1 Å². The van der Waals surface area contributed by atoms with Gasteiger partial charge in [-0.05, 0) is 81.5 Å². The normalized spacial score (nSPS) is 25.6. The number of alkyl halides is 1. The number of ether oxygens (including phenoxy) is 1. The molecule has 2 N–H and O–H groups in total. The van der Waals surface area contributed by atoms with Crippen LogP contribution in [-0.4, -0.2) is 82.0 Å². The molecule has 3 atom stereocenters. The van der Waals surface area contributed by atoms with E-state index < -0.39 is 12.0 Å². The van der Waals surface area contributed by atoms with E-state index in [-0.39, 0.29) is 29.6 Å². The van der Waals surface area contributed by atoms with Gasteiger partial charge >= 0.3 is 6.01 Å². The van der Waals surface area contributed by atoms with Crippen LogP contribution in [0.25, 0.3) is 32.9 Å². The van der Waals surface area contributed by atoms with Crippen molar-refractivity contribution in [2.45, 2.75) is 75.9 Å². The fourth-order valence-corrected chi connectivity index (χ4v) is 8.81. The minimum Gasteiger partial charge on any atom is -0.461 e. The molecule has 6 bridgehead atoms. The van der Waals surface area contributed by atoms with E-state index in [4.69, 9.17) is 26.3 Å². The standard InChI is InChI=1S/C35H40ClF2N7O2/c36-27-15-28-26(17-40-43-28)30-23(27)6-1-2-7-29(46)39-12-10-21-5-3-13-44(18-21)33-25-9-8-24(30)31(38)32(25)41-34(42-33)47-20-35-11-4-14-45(35)19-22(37)16-35/h8-9,15,17,21-22H,1-7,10-14,16,18-20H2,(H,39,46)(H,40,43)/t21?,22?,35-/m0/s1. The molecule has 4 aromatic rings. The number of anilines is 1. The topological polar surface area (TPSA) is 99.3 Å². The van der Waals surface area contributed by atoms with Crippen LogP contribution in [0.5, 0.6) is 6.01 Å². The second kappa shape index (κ2) is 12.5. The Bertz CT molecular complexity index is 1840. The van der Waals surface area contributed by atoms with Crippen molar-refractivity contribution in [3.63, 3.8) is 0 Å². The summed E-state index contributed by atoms with van der Waals surface area (Å²) in [6, 6.07) is 5.66. The summed E-state index contributed by atoms with van der Waals surface area (Å²) in [7, 11) is 0. The minimum atomic E-state index is -0.881. The number of halogens is 3. The van der Waals surface area contributed by atoms with Gasteiger partial charge in [-0.25, -0.2) is 8.78 Å². The molecule has 248 valence electrons. The van der Waals surface area contributed by atoms with Crippen LogP contribution >= 0.6 is 11.6 Å². The number of aromatic amines is 1. The van der Waals surface area contributed by atoms with Crippen molar-refractivity contribution in [1.82, 2.24) is 30.4 Å². The van der Waals surface area contributed by atoms with Gasteiger partial charge in [-0.3, -0.25) is 14.8 Å². The number of benzene rings is 2. The molecule has 3 fully saturated rings. The maximum atomic E-state index is 17.1. The van der Waals surface area contributed by atoms with Crippen LogP contribution in [-0.2, 0) is 11.2 Å². The van der Waals surface area contributed by atoms with E-state index in [9.17, 15) is 9.18 Å². The molecule has 9 rings (SSSR count). The van der Waals surface area contributed by atoms with Gasteiger partial charge in [-0.2, -0.15) is 15.1 Å². The van der Waals surface area contributed by atoms with E-state index in [1.54, 1.807) is 12.3 Å². The van der Waals surface area contributed by atoms with E-state index in [1.165, 1.54) is 0 Å². The smallest absolute Gasteiger partial charge is 0.319 e. The molecule has 2 aromatic heterocycles. The first-order valence-corrected chi connectivity index (χ1v) is 17.4. The fraction of sp³-hybridized carbons (Fsp3) is 0.543. The zero-order chi connectivity index (χ0) is 32.1. The van der Waals surface area contributed by atoms with E-state index >= 15 is 4.39 Å². The Balaban J connectivity index is 1.27. The van der Waals surface area contributed by atoms with Crippen LogP contribution < -0.4 is 15.0 Å². The van der Waals surface area contributed by atoms with Gasteiger partial charge in [-0.15, -0.1) is 0 Å². The maximum absolute atomic E-state index is 17.1. The van der Waals surface area contributed by atoms with Gasteiger partial charge in [0.15, 0.2) is 5.82 Å². The maximum Gasteiger partial charge on any atom is 0.319 e. The molecule has 12 heteroatoms. The largest absolute Gasteiger partial charge is 0.461 e. The number of H-pyrrole nitrogens is 1. The number of carbonyl (C=O) groups excluding carboxylic acids is 1. The molecular formula is C35H40ClF2N7O2.